The van der Waals surface area contributed by atoms with Crippen molar-refractivity contribution in [3.63, 3.8) is 0 Å². The first-order chi connectivity index (χ1) is 8.02. The summed E-state index contributed by atoms with van der Waals surface area (Å²) in [6.45, 7) is 4.33. The van der Waals surface area contributed by atoms with E-state index in [0.717, 1.165) is 5.69 Å². The van der Waals surface area contributed by atoms with Gasteiger partial charge in [-0.15, -0.1) is 12.4 Å². The maximum absolute atomic E-state index is 11.4. The summed E-state index contributed by atoms with van der Waals surface area (Å²) >= 11 is 0. The molecule has 18 heavy (non-hydrogen) atoms. The normalized spacial score (nSPS) is 13.1. The van der Waals surface area contributed by atoms with Gasteiger partial charge in [-0.25, -0.2) is 0 Å². The minimum Gasteiger partial charge on any atom is -0.370 e. The van der Waals surface area contributed by atoms with Crippen LogP contribution in [-0.4, -0.2) is 31.6 Å². The maximum Gasteiger partial charge on any atom is 0.236 e. The van der Waals surface area contributed by atoms with Crippen LogP contribution >= 0.6 is 12.4 Å². The molecule has 0 heterocycles. The van der Waals surface area contributed by atoms with Crippen LogP contribution in [0, 0.1) is 0 Å². The van der Waals surface area contributed by atoms with Crippen LogP contribution in [0.2, 0.25) is 0 Å². The van der Waals surface area contributed by atoms with Crippen LogP contribution in [0.15, 0.2) is 30.3 Å². The highest BCUT2D eigenvalue weighted by atomic mass is 35.5. The van der Waals surface area contributed by atoms with Crippen molar-refractivity contribution in [2.24, 2.45) is 5.73 Å². The van der Waals surface area contributed by atoms with E-state index in [2.05, 4.69) is 17.1 Å². The van der Waals surface area contributed by atoms with E-state index in [9.17, 15) is 4.79 Å². The van der Waals surface area contributed by atoms with Gasteiger partial charge < -0.3 is 16.0 Å². The number of rotatable bonds is 5. The molecule has 1 amide bonds. The Bertz CT molecular complexity index is 357. The Hall–Kier alpha value is -1.26. The summed E-state index contributed by atoms with van der Waals surface area (Å²) < 4.78 is 0. The number of nitrogens with one attached hydrogen (secondary N) is 1. The van der Waals surface area contributed by atoms with Gasteiger partial charge in [0.1, 0.15) is 0 Å². The Morgan fingerprint density at radius 1 is 1.33 bits per heavy atom. The maximum atomic E-state index is 11.4. The molecule has 0 spiro atoms. The van der Waals surface area contributed by atoms with Gasteiger partial charge in [-0.2, -0.15) is 0 Å². The molecule has 5 heteroatoms. The molecule has 0 fully saturated rings. The molecule has 0 aromatic heterocycles. The Morgan fingerprint density at radius 2 is 1.89 bits per heavy atom. The van der Waals surface area contributed by atoms with Gasteiger partial charge in [0.25, 0.3) is 0 Å². The van der Waals surface area contributed by atoms with E-state index in [1.165, 1.54) is 0 Å². The molecule has 0 bridgehead atoms. The zero-order chi connectivity index (χ0) is 12.8. The van der Waals surface area contributed by atoms with E-state index in [4.69, 9.17) is 5.73 Å². The van der Waals surface area contributed by atoms with Crippen molar-refractivity contribution in [1.29, 1.82) is 0 Å². The number of benzene rings is 1. The van der Waals surface area contributed by atoms with Crippen molar-refractivity contribution in [2.45, 2.75) is 25.9 Å². The monoisotopic (exact) mass is 271 g/mol. The third-order valence-electron chi connectivity index (χ3n) is 2.81. The minimum absolute atomic E-state index is 0. The molecule has 0 saturated heterocycles. The van der Waals surface area contributed by atoms with Gasteiger partial charge in [-0.1, -0.05) is 18.2 Å². The number of anilines is 1. The number of amides is 1. The molecule has 2 unspecified atom stereocenters. The Morgan fingerprint density at radius 3 is 2.39 bits per heavy atom. The summed E-state index contributed by atoms with van der Waals surface area (Å²) in [6, 6.07) is 9.84. The Labute approximate surface area is 115 Å². The number of carbonyl (C=O) groups is 1. The third kappa shape index (κ3) is 4.94. The zero-order valence-corrected chi connectivity index (χ0v) is 11.9. The Kier molecular flexibility index (Phi) is 7.39. The lowest BCUT2D eigenvalue weighted by atomic mass is 10.2. The summed E-state index contributed by atoms with van der Waals surface area (Å²) in [6.07, 6.45) is 0. The zero-order valence-electron chi connectivity index (χ0n) is 11.1. The van der Waals surface area contributed by atoms with Gasteiger partial charge in [0.15, 0.2) is 0 Å². The van der Waals surface area contributed by atoms with Crippen LogP contribution in [0.3, 0.4) is 0 Å². The van der Waals surface area contributed by atoms with Gasteiger partial charge in [0.05, 0.1) is 6.04 Å². The molecule has 2 atom stereocenters. The number of para-hydroxylation sites is 1. The van der Waals surface area contributed by atoms with Crippen LogP contribution in [0.4, 0.5) is 5.69 Å². The molecule has 4 nitrogen and oxygen atoms in total. The molecular formula is C13H22ClN3O. The number of nitrogens with zero attached hydrogens (tertiary/aromatic N) is 1. The fourth-order valence-electron chi connectivity index (χ4n) is 1.46. The minimum atomic E-state index is -0.454. The van der Waals surface area contributed by atoms with E-state index in [1.54, 1.807) is 6.92 Å². The van der Waals surface area contributed by atoms with Crippen molar-refractivity contribution in [3.8, 4) is 0 Å². The SMILES string of the molecule is CC(N)C(=O)NCC(C)N(C)c1ccccc1.Cl. The fourth-order valence-corrected chi connectivity index (χ4v) is 1.46. The van der Waals surface area contributed by atoms with Crippen molar-refractivity contribution in [2.75, 3.05) is 18.5 Å². The van der Waals surface area contributed by atoms with E-state index in [1.807, 2.05) is 37.4 Å². The van der Waals surface area contributed by atoms with Gasteiger partial charge >= 0.3 is 0 Å². The van der Waals surface area contributed by atoms with Crippen molar-refractivity contribution in [1.82, 2.24) is 5.32 Å². The lowest BCUT2D eigenvalue weighted by Gasteiger charge is -2.27. The Balaban J connectivity index is 0.00000289. The molecule has 0 saturated carbocycles. The summed E-state index contributed by atoms with van der Waals surface area (Å²) in [5.41, 5.74) is 6.62. The molecule has 1 aromatic rings. The number of hydrogen-bond donors (Lipinski definition) is 2. The summed E-state index contributed by atoms with van der Waals surface area (Å²) in [5.74, 6) is -0.113. The van der Waals surface area contributed by atoms with Gasteiger partial charge in [-0.05, 0) is 26.0 Å². The molecule has 1 rings (SSSR count). The summed E-state index contributed by atoms with van der Waals surface area (Å²) in [4.78, 5) is 13.5. The third-order valence-corrected chi connectivity index (χ3v) is 2.81. The van der Waals surface area contributed by atoms with E-state index < -0.39 is 6.04 Å². The largest absolute Gasteiger partial charge is 0.370 e. The highest BCUT2D eigenvalue weighted by Crippen LogP contribution is 2.13. The second-order valence-corrected chi connectivity index (χ2v) is 4.33. The highest BCUT2D eigenvalue weighted by Gasteiger charge is 2.12. The van der Waals surface area contributed by atoms with Gasteiger partial charge in [-0.3, -0.25) is 4.79 Å². The second-order valence-electron chi connectivity index (χ2n) is 4.33. The average Bonchev–Trinajstić information content (AvgIpc) is 2.35. The van der Waals surface area contributed by atoms with Crippen molar-refractivity contribution in [3.05, 3.63) is 30.3 Å². The summed E-state index contributed by atoms with van der Waals surface area (Å²) in [7, 11) is 2.01. The lowest BCUT2D eigenvalue weighted by molar-refractivity contribution is -0.122. The number of carbonyl (C=O) groups excluding carboxylic acids is 1. The smallest absolute Gasteiger partial charge is 0.236 e. The predicted octanol–water partition coefficient (Wildman–Crippen LogP) is 1.40. The van der Waals surface area contributed by atoms with Crippen LogP contribution < -0.4 is 16.0 Å². The molecule has 0 aliphatic heterocycles. The summed E-state index contributed by atoms with van der Waals surface area (Å²) in [5, 5.41) is 2.83. The molecule has 1 aromatic carbocycles. The first-order valence-corrected chi connectivity index (χ1v) is 5.83. The number of likely N-dealkylation sites (N-methyl/N-ethyl adjacent to an activating group) is 1. The standard InChI is InChI=1S/C13H21N3O.ClH/c1-10(9-15-13(17)11(2)14)16(3)12-7-5-4-6-8-12;/h4-8,10-11H,9,14H2,1-3H3,(H,15,17);1H. The topological polar surface area (TPSA) is 58.4 Å². The lowest BCUT2D eigenvalue weighted by Crippen LogP contribution is -2.45. The van der Waals surface area contributed by atoms with E-state index in [0.29, 0.717) is 6.54 Å². The van der Waals surface area contributed by atoms with Crippen LogP contribution in [0.25, 0.3) is 0 Å². The van der Waals surface area contributed by atoms with Gasteiger partial charge in [0.2, 0.25) is 5.91 Å². The average molecular weight is 272 g/mol. The van der Waals surface area contributed by atoms with Crippen LogP contribution in [0.5, 0.6) is 0 Å². The number of hydrogen-bond acceptors (Lipinski definition) is 3. The quantitative estimate of drug-likeness (QED) is 0.851. The molecule has 0 radical (unpaired) electrons. The molecule has 3 N–H and O–H groups in total. The highest BCUT2D eigenvalue weighted by molar-refractivity contribution is 5.85. The van der Waals surface area contributed by atoms with Gasteiger partial charge in [0, 0.05) is 25.3 Å². The fraction of sp³-hybridized carbons (Fsp3) is 0.462. The van der Waals surface area contributed by atoms with Crippen molar-refractivity contribution >= 4 is 24.0 Å². The second kappa shape index (κ2) is 7.95. The van der Waals surface area contributed by atoms with E-state index >= 15 is 0 Å². The van der Waals surface area contributed by atoms with Crippen LogP contribution in [-0.2, 0) is 4.79 Å². The molecule has 102 valence electrons. The molecule has 0 aliphatic carbocycles. The number of nitrogens with two attached hydrogens (primary N) is 1. The molecule has 0 aliphatic rings. The van der Waals surface area contributed by atoms with E-state index in [-0.39, 0.29) is 24.4 Å². The van der Waals surface area contributed by atoms with Crippen molar-refractivity contribution < 1.29 is 4.79 Å². The van der Waals surface area contributed by atoms with Crippen LogP contribution in [0.1, 0.15) is 13.8 Å². The first kappa shape index (κ1) is 16.7. The number of halogens is 1. The predicted molar refractivity (Wildman–Crippen MR) is 78.2 cm³/mol. The first-order valence-electron chi connectivity index (χ1n) is 5.83. The molecular weight excluding hydrogens is 250 g/mol.